The number of aromatic nitrogens is 2. The quantitative estimate of drug-likeness (QED) is 0.469. The molecule has 0 unspecified atom stereocenters. The number of fused-ring (bicyclic) bond motifs is 5. The molecule has 0 saturated carbocycles. The summed E-state index contributed by atoms with van der Waals surface area (Å²) in [7, 11) is 0. The van der Waals surface area contributed by atoms with E-state index in [2.05, 4.69) is 4.74 Å². The first kappa shape index (κ1) is 19.4. The van der Waals surface area contributed by atoms with E-state index in [1.165, 1.54) is 0 Å². The number of rotatable bonds is 5. The molecule has 0 fully saturated rings. The van der Waals surface area contributed by atoms with Crippen molar-refractivity contribution in [3.8, 4) is 22.9 Å². The maximum atomic E-state index is 13.1. The fraction of sp³-hybridized carbons (Fsp3) is 0.318. The maximum Gasteiger partial charge on any atom is 0.506 e. The maximum absolute atomic E-state index is 13.1. The van der Waals surface area contributed by atoms with Crippen LogP contribution in [0.1, 0.15) is 28.7 Å². The molecule has 2 aliphatic heterocycles. The minimum absolute atomic E-state index is 0.183. The van der Waals surface area contributed by atoms with Crippen LogP contribution in [0, 0.1) is 6.92 Å². The molecule has 3 aromatic rings. The second-order valence-corrected chi connectivity index (χ2v) is 7.67. The van der Waals surface area contributed by atoms with Crippen LogP contribution in [-0.4, -0.2) is 34.2 Å². The van der Waals surface area contributed by atoms with Gasteiger partial charge in [-0.15, -0.1) is 0 Å². The third-order valence-electron chi connectivity index (χ3n) is 5.85. The molecule has 1 aromatic carbocycles. The number of carbonyl (C=O) groups is 1. The molecule has 0 amide bonds. The highest BCUT2D eigenvalue weighted by Crippen LogP contribution is 2.41. The molecule has 9 heteroatoms. The number of hydrogen-bond donors (Lipinski definition) is 2. The van der Waals surface area contributed by atoms with Crippen molar-refractivity contribution in [3.05, 3.63) is 50.8 Å². The minimum atomic E-state index is -1.41. The smallest absolute Gasteiger partial charge is 0.454 e. The van der Waals surface area contributed by atoms with Crippen molar-refractivity contribution in [3.63, 3.8) is 0 Å². The summed E-state index contributed by atoms with van der Waals surface area (Å²) in [6.07, 6.45) is 0.123. The molecule has 160 valence electrons. The largest absolute Gasteiger partial charge is 0.506 e. The summed E-state index contributed by atoms with van der Waals surface area (Å²) >= 11 is 0. The number of ether oxygens (including phenoxy) is 3. The SMILES string of the molecule is Cc1cc2n(c(=O)c1COC(=O)O)Cc1c-2nc2cc3c(cc2c1CCCN)OCO3. The van der Waals surface area contributed by atoms with Gasteiger partial charge in [0.15, 0.2) is 11.5 Å². The number of benzene rings is 1. The van der Waals surface area contributed by atoms with Crippen LogP contribution in [-0.2, 0) is 24.3 Å². The third-order valence-corrected chi connectivity index (χ3v) is 5.85. The van der Waals surface area contributed by atoms with Gasteiger partial charge in [-0.2, -0.15) is 0 Å². The van der Waals surface area contributed by atoms with Crippen LogP contribution in [0.3, 0.4) is 0 Å². The van der Waals surface area contributed by atoms with Crippen molar-refractivity contribution in [2.24, 2.45) is 5.73 Å². The Kier molecular flexibility index (Phi) is 4.55. The van der Waals surface area contributed by atoms with E-state index in [9.17, 15) is 9.59 Å². The summed E-state index contributed by atoms with van der Waals surface area (Å²) in [5, 5.41) is 9.78. The Balaban J connectivity index is 1.70. The first-order chi connectivity index (χ1) is 15.0. The lowest BCUT2D eigenvalue weighted by Crippen LogP contribution is -2.25. The number of hydrogen-bond acceptors (Lipinski definition) is 7. The van der Waals surface area contributed by atoms with Gasteiger partial charge in [0.25, 0.3) is 5.56 Å². The summed E-state index contributed by atoms with van der Waals surface area (Å²) in [5.41, 5.74) is 10.8. The van der Waals surface area contributed by atoms with Gasteiger partial charge in [0.2, 0.25) is 6.79 Å². The summed E-state index contributed by atoms with van der Waals surface area (Å²) in [6, 6.07) is 5.68. The molecule has 0 saturated heterocycles. The zero-order chi connectivity index (χ0) is 21.7. The summed E-state index contributed by atoms with van der Waals surface area (Å²) < 4.78 is 17.4. The van der Waals surface area contributed by atoms with Crippen LogP contribution in [0.4, 0.5) is 4.79 Å². The van der Waals surface area contributed by atoms with Gasteiger partial charge >= 0.3 is 6.16 Å². The van der Waals surface area contributed by atoms with E-state index in [-0.39, 0.29) is 19.0 Å². The summed E-state index contributed by atoms with van der Waals surface area (Å²) in [5.74, 6) is 1.33. The van der Waals surface area contributed by atoms with E-state index in [4.69, 9.17) is 25.3 Å². The molecule has 0 radical (unpaired) electrons. The lowest BCUT2D eigenvalue weighted by molar-refractivity contribution is 0.0848. The molecule has 31 heavy (non-hydrogen) atoms. The molecule has 3 N–H and O–H groups in total. The Morgan fingerprint density at radius 3 is 2.77 bits per heavy atom. The van der Waals surface area contributed by atoms with Crippen molar-refractivity contribution in [1.82, 2.24) is 9.55 Å². The number of nitrogens with two attached hydrogens (primary N) is 1. The van der Waals surface area contributed by atoms with Crippen LogP contribution in [0.15, 0.2) is 23.0 Å². The van der Waals surface area contributed by atoms with Gasteiger partial charge in [-0.25, -0.2) is 9.78 Å². The summed E-state index contributed by atoms with van der Waals surface area (Å²) in [4.78, 5) is 28.8. The Hall–Kier alpha value is -3.59. The van der Waals surface area contributed by atoms with Crippen LogP contribution in [0.2, 0.25) is 0 Å². The van der Waals surface area contributed by atoms with Crippen molar-refractivity contribution < 1.29 is 24.1 Å². The Morgan fingerprint density at radius 2 is 2.03 bits per heavy atom. The Labute approximate surface area is 177 Å². The van der Waals surface area contributed by atoms with Gasteiger partial charge in [0, 0.05) is 17.0 Å². The second-order valence-electron chi connectivity index (χ2n) is 7.67. The topological polar surface area (TPSA) is 126 Å². The van der Waals surface area contributed by atoms with Gasteiger partial charge in [-0.1, -0.05) is 0 Å². The number of carboxylic acid groups (broad SMARTS) is 1. The lowest BCUT2D eigenvalue weighted by atomic mass is 9.96. The van der Waals surface area contributed by atoms with Gasteiger partial charge in [-0.05, 0) is 49.6 Å². The second kappa shape index (κ2) is 7.28. The molecule has 0 bridgehead atoms. The minimum Gasteiger partial charge on any atom is -0.454 e. The monoisotopic (exact) mass is 423 g/mol. The predicted molar refractivity (Wildman–Crippen MR) is 112 cm³/mol. The Morgan fingerprint density at radius 1 is 1.26 bits per heavy atom. The molecule has 4 heterocycles. The molecule has 2 aromatic heterocycles. The third kappa shape index (κ3) is 3.09. The molecule has 5 rings (SSSR count). The van der Waals surface area contributed by atoms with E-state index in [1.54, 1.807) is 11.5 Å². The Bertz CT molecular complexity index is 1300. The molecule has 2 aliphatic rings. The highest BCUT2D eigenvalue weighted by atomic mass is 16.7. The highest BCUT2D eigenvalue weighted by Gasteiger charge is 2.28. The van der Waals surface area contributed by atoms with Crippen molar-refractivity contribution in [2.75, 3.05) is 13.3 Å². The van der Waals surface area contributed by atoms with Gasteiger partial charge in [-0.3, -0.25) is 4.79 Å². The van der Waals surface area contributed by atoms with Gasteiger partial charge < -0.3 is 29.6 Å². The fourth-order valence-corrected chi connectivity index (χ4v) is 4.34. The summed E-state index contributed by atoms with van der Waals surface area (Å²) in [6.45, 7) is 2.58. The average molecular weight is 423 g/mol. The number of pyridine rings is 2. The van der Waals surface area contributed by atoms with E-state index in [1.807, 2.05) is 18.2 Å². The van der Waals surface area contributed by atoms with Crippen LogP contribution >= 0.6 is 0 Å². The van der Waals surface area contributed by atoms with Crippen molar-refractivity contribution >= 4 is 17.1 Å². The molecular weight excluding hydrogens is 402 g/mol. The zero-order valence-electron chi connectivity index (χ0n) is 16.9. The lowest BCUT2D eigenvalue weighted by Gasteiger charge is -2.12. The molecule has 0 aliphatic carbocycles. The first-order valence-electron chi connectivity index (χ1n) is 10.0. The van der Waals surface area contributed by atoms with E-state index < -0.39 is 6.16 Å². The standard InChI is InChI=1S/C22H21N3O6/c1-11-5-17-20-14(8-25(17)21(26)15(11)9-29-22(27)28)12(3-2-4-23)13-6-18-19(31-10-30-18)7-16(13)24-20/h5-7H,2-4,8-10,23H2,1H3,(H,27,28). The van der Waals surface area contributed by atoms with Crippen LogP contribution < -0.4 is 20.8 Å². The van der Waals surface area contributed by atoms with Crippen LogP contribution in [0.25, 0.3) is 22.3 Å². The number of nitrogens with zero attached hydrogens (tertiary/aromatic N) is 2. The van der Waals surface area contributed by atoms with Gasteiger partial charge in [0.05, 0.1) is 29.0 Å². The molecule has 0 spiro atoms. The predicted octanol–water partition coefficient (Wildman–Crippen LogP) is 2.55. The van der Waals surface area contributed by atoms with E-state index in [0.717, 1.165) is 40.6 Å². The number of aryl methyl sites for hydroxylation is 2. The highest BCUT2D eigenvalue weighted by molar-refractivity contribution is 5.90. The zero-order valence-corrected chi connectivity index (χ0v) is 16.9. The molecule has 9 nitrogen and oxygen atoms in total. The molecule has 0 atom stereocenters. The molecular formula is C22H21N3O6. The van der Waals surface area contributed by atoms with Crippen LogP contribution in [0.5, 0.6) is 11.5 Å². The normalized spacial score (nSPS) is 13.4. The van der Waals surface area contributed by atoms with Crippen molar-refractivity contribution in [1.29, 1.82) is 0 Å². The average Bonchev–Trinajstić information content (AvgIpc) is 3.33. The van der Waals surface area contributed by atoms with Gasteiger partial charge in [0.1, 0.15) is 6.61 Å². The van der Waals surface area contributed by atoms with E-state index in [0.29, 0.717) is 41.4 Å². The fourth-order valence-electron chi connectivity index (χ4n) is 4.34. The van der Waals surface area contributed by atoms with Crippen molar-refractivity contribution in [2.45, 2.75) is 32.9 Å². The first-order valence-corrected chi connectivity index (χ1v) is 10.0. The van der Waals surface area contributed by atoms with E-state index >= 15 is 0 Å².